The summed E-state index contributed by atoms with van der Waals surface area (Å²) in [4.78, 5) is 16.3. The summed E-state index contributed by atoms with van der Waals surface area (Å²) >= 11 is 6.99. The average molecular weight is 392 g/mol. The van der Waals surface area contributed by atoms with Crippen LogP contribution in [-0.2, 0) is 6.54 Å². The van der Waals surface area contributed by atoms with Crippen molar-refractivity contribution in [2.24, 2.45) is 0 Å². The third-order valence-electron chi connectivity index (χ3n) is 3.69. The molecule has 26 heavy (non-hydrogen) atoms. The molecule has 0 unspecified atom stereocenters. The summed E-state index contributed by atoms with van der Waals surface area (Å²) in [6.07, 6.45) is 1.57. The van der Waals surface area contributed by atoms with Crippen LogP contribution in [0.3, 0.4) is 0 Å². The topological polar surface area (TPSA) is 92.9 Å². The van der Waals surface area contributed by atoms with Gasteiger partial charge in [0, 0.05) is 29.6 Å². The van der Waals surface area contributed by atoms with Gasteiger partial charge in [-0.3, -0.25) is 4.79 Å². The third kappa shape index (κ3) is 3.92. The van der Waals surface area contributed by atoms with Gasteiger partial charge in [-0.25, -0.2) is 9.37 Å². The highest BCUT2D eigenvalue weighted by Gasteiger charge is 2.16. The SMILES string of the molecule is Cc1c(C(=O)Nc2ccc(F)c(CNc3cccnc3N)c2)nsc1Cl. The van der Waals surface area contributed by atoms with E-state index in [1.165, 1.54) is 12.1 Å². The summed E-state index contributed by atoms with van der Waals surface area (Å²) < 4.78 is 18.6. The number of hydrogen-bond donors (Lipinski definition) is 3. The predicted molar refractivity (Wildman–Crippen MR) is 102 cm³/mol. The first-order chi connectivity index (χ1) is 12.5. The molecular weight excluding hydrogens is 377 g/mol. The quantitative estimate of drug-likeness (QED) is 0.609. The van der Waals surface area contributed by atoms with Crippen molar-refractivity contribution in [2.75, 3.05) is 16.4 Å². The molecule has 0 atom stereocenters. The fraction of sp³-hybridized carbons (Fsp3) is 0.118. The van der Waals surface area contributed by atoms with Crippen LogP contribution in [0.1, 0.15) is 21.6 Å². The van der Waals surface area contributed by atoms with Gasteiger partial charge in [-0.15, -0.1) is 0 Å². The van der Waals surface area contributed by atoms with Crippen molar-refractivity contribution in [3.05, 3.63) is 63.5 Å². The lowest BCUT2D eigenvalue weighted by Crippen LogP contribution is -2.14. The third-order valence-corrected chi connectivity index (χ3v) is 4.92. The maximum atomic E-state index is 14.1. The Balaban J connectivity index is 1.74. The number of anilines is 3. The standard InChI is InChI=1S/C17H15ClFN5OS/c1-9-14(24-26-15(9)18)17(25)23-11-4-5-12(19)10(7-11)8-22-13-3-2-6-21-16(13)20/h2-7,22H,8H2,1H3,(H2,20,21)(H,23,25). The largest absolute Gasteiger partial charge is 0.382 e. The van der Waals surface area contributed by atoms with E-state index in [1.54, 1.807) is 31.3 Å². The van der Waals surface area contributed by atoms with Crippen LogP contribution in [0.25, 0.3) is 0 Å². The van der Waals surface area contributed by atoms with Gasteiger partial charge in [0.2, 0.25) is 0 Å². The summed E-state index contributed by atoms with van der Waals surface area (Å²) in [5, 5.41) is 5.73. The number of aromatic nitrogens is 2. The van der Waals surface area contributed by atoms with E-state index in [1.807, 2.05) is 0 Å². The lowest BCUT2D eigenvalue weighted by Gasteiger charge is -2.11. The summed E-state index contributed by atoms with van der Waals surface area (Å²) in [6, 6.07) is 7.81. The second kappa shape index (κ2) is 7.67. The molecule has 0 fully saturated rings. The van der Waals surface area contributed by atoms with Crippen LogP contribution < -0.4 is 16.4 Å². The monoisotopic (exact) mass is 391 g/mol. The lowest BCUT2D eigenvalue weighted by molar-refractivity contribution is 0.102. The van der Waals surface area contributed by atoms with Gasteiger partial charge in [0.15, 0.2) is 0 Å². The van der Waals surface area contributed by atoms with E-state index >= 15 is 0 Å². The highest BCUT2D eigenvalue weighted by atomic mass is 35.5. The van der Waals surface area contributed by atoms with Crippen LogP contribution in [-0.4, -0.2) is 15.3 Å². The molecule has 4 N–H and O–H groups in total. The molecule has 1 amide bonds. The number of nitrogens with one attached hydrogen (secondary N) is 2. The smallest absolute Gasteiger partial charge is 0.275 e. The van der Waals surface area contributed by atoms with Crippen molar-refractivity contribution in [2.45, 2.75) is 13.5 Å². The molecule has 0 bridgehead atoms. The van der Waals surface area contributed by atoms with Crippen LogP contribution in [0.4, 0.5) is 21.6 Å². The lowest BCUT2D eigenvalue weighted by atomic mass is 10.1. The molecule has 1 aromatic carbocycles. The Morgan fingerprint density at radius 1 is 1.38 bits per heavy atom. The minimum absolute atomic E-state index is 0.187. The van der Waals surface area contributed by atoms with Crippen molar-refractivity contribution >= 4 is 46.2 Å². The molecule has 3 aromatic rings. The zero-order chi connectivity index (χ0) is 18.7. The minimum atomic E-state index is -0.397. The van der Waals surface area contributed by atoms with Crippen LogP contribution in [0, 0.1) is 12.7 Å². The van der Waals surface area contributed by atoms with Gasteiger partial charge in [0.1, 0.15) is 21.7 Å². The fourth-order valence-corrected chi connectivity index (χ4v) is 3.08. The number of carbonyl (C=O) groups excluding carboxylic acids is 1. The number of amides is 1. The molecule has 134 valence electrons. The molecule has 0 aliphatic carbocycles. The number of benzene rings is 1. The number of halogens is 2. The molecule has 0 saturated heterocycles. The number of carbonyl (C=O) groups is 1. The van der Waals surface area contributed by atoms with Crippen LogP contribution in [0.15, 0.2) is 36.5 Å². The second-order valence-corrected chi connectivity index (χ2v) is 6.86. The van der Waals surface area contributed by atoms with E-state index < -0.39 is 11.7 Å². The van der Waals surface area contributed by atoms with Gasteiger partial charge < -0.3 is 16.4 Å². The van der Waals surface area contributed by atoms with Crippen molar-refractivity contribution in [3.8, 4) is 0 Å². The Kier molecular flexibility index (Phi) is 5.34. The highest BCUT2D eigenvalue weighted by Crippen LogP contribution is 2.24. The van der Waals surface area contributed by atoms with Crippen molar-refractivity contribution in [3.63, 3.8) is 0 Å². The van der Waals surface area contributed by atoms with Crippen molar-refractivity contribution in [1.29, 1.82) is 0 Å². The molecule has 0 spiro atoms. The second-order valence-electron chi connectivity index (χ2n) is 5.48. The maximum absolute atomic E-state index is 14.1. The van der Waals surface area contributed by atoms with E-state index in [4.69, 9.17) is 17.3 Å². The van der Waals surface area contributed by atoms with Crippen molar-refractivity contribution < 1.29 is 9.18 Å². The summed E-state index contributed by atoms with van der Waals surface area (Å²) in [5.41, 5.74) is 8.06. The van der Waals surface area contributed by atoms with E-state index in [2.05, 4.69) is 20.0 Å². The van der Waals surface area contributed by atoms with Gasteiger partial charge in [-0.1, -0.05) is 11.6 Å². The molecule has 9 heteroatoms. The van der Waals surface area contributed by atoms with Crippen LogP contribution >= 0.6 is 23.1 Å². The zero-order valence-electron chi connectivity index (χ0n) is 13.7. The fourth-order valence-electron chi connectivity index (χ4n) is 2.26. The maximum Gasteiger partial charge on any atom is 0.275 e. The van der Waals surface area contributed by atoms with E-state index in [0.29, 0.717) is 32.7 Å². The normalized spacial score (nSPS) is 10.6. The molecule has 2 aromatic heterocycles. The minimum Gasteiger partial charge on any atom is -0.382 e. The number of rotatable bonds is 5. The predicted octanol–water partition coefficient (Wildman–Crippen LogP) is 4.09. The Bertz CT molecular complexity index is 962. The number of nitrogens with zero attached hydrogens (tertiary/aromatic N) is 2. The molecular formula is C17H15ClFN5OS. The molecule has 6 nitrogen and oxygen atoms in total. The van der Waals surface area contributed by atoms with Crippen molar-refractivity contribution in [1.82, 2.24) is 9.36 Å². The molecule has 3 rings (SSSR count). The Morgan fingerprint density at radius 2 is 2.19 bits per heavy atom. The highest BCUT2D eigenvalue weighted by molar-refractivity contribution is 7.11. The number of nitrogen functional groups attached to an aromatic ring is 1. The summed E-state index contributed by atoms with van der Waals surface area (Å²) in [6.45, 7) is 1.91. The number of pyridine rings is 1. The number of nitrogens with two attached hydrogens (primary N) is 1. The van der Waals surface area contributed by atoms with Gasteiger partial charge >= 0.3 is 0 Å². The molecule has 0 aliphatic heterocycles. The summed E-state index contributed by atoms with van der Waals surface area (Å²) in [7, 11) is 0. The van der Waals surface area contributed by atoms with E-state index in [0.717, 1.165) is 11.5 Å². The zero-order valence-corrected chi connectivity index (χ0v) is 15.3. The first-order valence-corrected chi connectivity index (χ1v) is 8.76. The summed E-state index contributed by atoms with van der Waals surface area (Å²) in [5.74, 6) is -0.466. The Hall–Kier alpha value is -2.71. The molecule has 0 saturated carbocycles. The first-order valence-electron chi connectivity index (χ1n) is 7.61. The van der Waals surface area contributed by atoms with E-state index in [-0.39, 0.29) is 12.2 Å². The molecule has 2 heterocycles. The number of hydrogen-bond acceptors (Lipinski definition) is 6. The average Bonchev–Trinajstić information content (AvgIpc) is 2.96. The first kappa shape index (κ1) is 18.1. The van der Waals surface area contributed by atoms with Crippen LogP contribution in [0.2, 0.25) is 4.34 Å². The van der Waals surface area contributed by atoms with Gasteiger partial charge in [0.25, 0.3) is 5.91 Å². The Labute approximate surface area is 158 Å². The molecule has 0 aliphatic rings. The molecule has 0 radical (unpaired) electrons. The van der Waals surface area contributed by atoms with E-state index in [9.17, 15) is 9.18 Å². The van der Waals surface area contributed by atoms with Gasteiger partial charge in [0.05, 0.1) is 5.69 Å². The Morgan fingerprint density at radius 3 is 2.88 bits per heavy atom. The van der Waals surface area contributed by atoms with Gasteiger partial charge in [-0.05, 0) is 48.8 Å². The van der Waals surface area contributed by atoms with Crippen LogP contribution in [0.5, 0.6) is 0 Å². The van der Waals surface area contributed by atoms with Gasteiger partial charge in [-0.2, -0.15) is 4.37 Å².